The number of fused-ring (bicyclic) bond motifs is 7. The maximum Gasteiger partial charge on any atom is 0.378 e. The molecule has 48 heteroatoms. The van der Waals surface area contributed by atoms with Gasteiger partial charge in [0.05, 0.1) is 54.1 Å². The molecule has 11 rings (SSSR count). The molecule has 13 N–H and O–H groups in total. The number of aryl methyl sites for hydroxylation is 2. The molecule has 7 amide bonds. The Labute approximate surface area is 580 Å². The van der Waals surface area contributed by atoms with Crippen LogP contribution < -0.4 is 40.2 Å². The van der Waals surface area contributed by atoms with Crippen LogP contribution in [-0.2, 0) is 107 Å². The summed E-state index contributed by atoms with van der Waals surface area (Å²) in [5.74, 6) is -14.4. The fraction of sp³-hybridized carbons (Fsp3) is 0.373. The van der Waals surface area contributed by atoms with Crippen LogP contribution in [0.5, 0.6) is 0 Å². The van der Waals surface area contributed by atoms with Gasteiger partial charge in [-0.1, -0.05) is 22.4 Å². The smallest absolute Gasteiger partial charge is 0.378 e. The number of esters is 2. The molecule has 1 aromatic carbocycles. The first-order chi connectivity index (χ1) is 46.4. The maximum atomic E-state index is 13.0. The van der Waals surface area contributed by atoms with Gasteiger partial charge in [-0.05, 0) is 26.0 Å². The summed E-state index contributed by atoms with van der Waals surface area (Å²) in [5.41, 5.74) is 9.25. The van der Waals surface area contributed by atoms with Crippen LogP contribution in [0.25, 0.3) is 0 Å². The maximum absolute atomic E-state index is 13.0. The molecule has 0 saturated carbocycles. The Bertz CT molecular complexity index is 3920. The molecule has 6 saturated heterocycles. The van der Waals surface area contributed by atoms with Crippen LogP contribution in [0, 0.1) is 25.7 Å². The molecule has 1 unspecified atom stereocenters. The highest BCUT2D eigenvalue weighted by Crippen LogP contribution is 2.51. The Balaban J connectivity index is 0.000000207. The molecule has 4 aromatic rings. The number of aromatic nitrogens is 3. The van der Waals surface area contributed by atoms with Gasteiger partial charge in [0.1, 0.15) is 22.5 Å². The number of aliphatic carboxylic acids is 4. The third kappa shape index (κ3) is 17.0. The van der Waals surface area contributed by atoms with E-state index >= 15 is 0 Å². The number of nitrogen functional groups attached to an aromatic ring is 1. The number of hydrogen-bond donors (Lipinski definition) is 10. The largest absolute Gasteiger partial charge is 1.00 e. The topological polar surface area (TPSA) is 594 Å². The van der Waals surface area contributed by atoms with E-state index in [9.17, 15) is 81.6 Å². The van der Waals surface area contributed by atoms with E-state index in [-0.39, 0.29) is 81.3 Å². The molecule has 528 valence electrons. The van der Waals surface area contributed by atoms with Crippen molar-refractivity contribution in [2.24, 2.45) is 22.1 Å². The third-order valence-electron chi connectivity index (χ3n) is 13.8. The van der Waals surface area contributed by atoms with Crippen LogP contribution in [0.4, 0.5) is 5.13 Å². The summed E-state index contributed by atoms with van der Waals surface area (Å²) in [5, 5.41) is 49.7. The number of β-lactam (4-membered cyclic amide) rings is 2. The average molecular weight is 1500 g/mol. The Morgan fingerprint density at radius 2 is 1.26 bits per heavy atom. The molecule has 41 nitrogen and oxygen atoms in total. The molecule has 7 aliphatic rings. The number of hydrogen-bond acceptors (Lipinski definition) is 34. The van der Waals surface area contributed by atoms with Crippen LogP contribution in [-0.4, -0.2) is 243 Å². The van der Waals surface area contributed by atoms with Gasteiger partial charge in [-0.3, -0.25) is 67.4 Å². The Hall–Kier alpha value is -9.85. The van der Waals surface area contributed by atoms with E-state index in [0.29, 0.717) is 20.8 Å². The van der Waals surface area contributed by atoms with E-state index < -0.39 is 160 Å². The number of nitrogens with one attached hydrogen (secondary N) is 3. The summed E-state index contributed by atoms with van der Waals surface area (Å²) >= 11 is 3.47. The third-order valence-corrected chi connectivity index (χ3v) is 19.3. The van der Waals surface area contributed by atoms with Crippen LogP contribution in [0.2, 0.25) is 0 Å². The lowest BCUT2D eigenvalue weighted by atomic mass is 9.89. The SMILES string of the molecule is CONC(=O)CO/N=C(\C(=O)N[C@@H]1C(=O)N2[C@@H]1[S+](O)C[C@@H]1CC(=O)O[C@@]12C(=O)O)c1csc(N)n1.CONC(=O)CO/N=C(\C(=O)O)c1csc(C)n1.Cc1nc(C(=O)C(=O)O)cs1.O=C(O)CON1C(=O)c2ccccc2C1=O.[B]OC(=O)[C@]12OC(=O)C[C@H]1CS[C@@H]1[C@H]([NH3+])C(=O)N12.[Cl-]. The van der Waals surface area contributed by atoms with Crippen LogP contribution in [0.3, 0.4) is 0 Å². The van der Waals surface area contributed by atoms with E-state index in [4.69, 9.17) is 43.4 Å². The first kappa shape index (κ1) is 78.2. The highest BCUT2D eigenvalue weighted by molar-refractivity contribution is 8.00. The number of carbonyl (C=O) groups excluding carboxylic acids is 11. The molecule has 0 aliphatic carbocycles. The second-order valence-corrected chi connectivity index (χ2v) is 25.8. The van der Waals surface area contributed by atoms with Crippen molar-refractivity contribution < 1.29 is 153 Å². The summed E-state index contributed by atoms with van der Waals surface area (Å²) in [6.07, 6.45) is -0.180. The second kappa shape index (κ2) is 33.6. The number of thioether (sulfide) groups is 1. The van der Waals surface area contributed by atoms with E-state index in [1.807, 2.05) is 11.0 Å². The standard InChI is InChI=1S/C17H18N6O10S2.C10H7NO5.C9H9BN2O5S.C9H11N3O5S.C6H5NO3S.ClH/c1-31-21-8(24)3-32-22-10(7-4-34-16(18)19-7)12(26)20-11-13(27)23-14(11)35(30)5-6-2-9(25)33-17(6,23)15(28)29;12-8(13)5-16-11-9(14)6-3-1-2-4-7(6)10(11)15;10-17-8(15)9-3(1-4(13)16-9)2-18-7-5(11)6(14)12(7)9;1-5-10-6(4-18-5)8(9(14)15)12-17-3-7(13)11-16-2;1-3-7-4(2-11-3)5(8)6(9)10;/h4,6,11,14,30H,2-3,5H2,1H3,(H4-,18,19,20,21,24,26,28,29);1-4H,5H2,(H,12,13);3,5,7H,1-2,11H2;4H,3H2,1-2H3,(H,11,13)(H,14,15);2H,1H3,(H,9,10);1H/p+1/b22-10-;;;12-8-;;/t6-,11+,14+,17+,35?;;3-,5+,7+,9+;;;/m0.0.../s1. The number of Topliss-reactive ketones (excluding diaryl/α,β-unsaturated/α-hetero) is 1. The molecular formula is C51H52BClN13O28S5+. The monoisotopic (exact) mass is 1500 g/mol. The van der Waals surface area contributed by atoms with Crippen molar-refractivity contribution in [3.05, 3.63) is 78.6 Å². The number of carboxylic acids is 4. The number of imide groups is 1. The van der Waals surface area contributed by atoms with Crippen molar-refractivity contribution in [3.63, 3.8) is 0 Å². The zero-order valence-corrected chi connectivity index (χ0v) is 55.8. The number of amides is 7. The number of carbonyl (C=O) groups is 15. The number of ether oxygens (including phenoxy) is 2. The van der Waals surface area contributed by atoms with Gasteiger partial charge in [0, 0.05) is 27.8 Å². The minimum absolute atomic E-state index is 0. The first-order valence-electron chi connectivity index (χ1n) is 27.2. The van der Waals surface area contributed by atoms with Gasteiger partial charge in [0.2, 0.25) is 5.71 Å². The molecule has 9 atom stereocenters. The molecular weight excluding hydrogens is 1450 g/mol. The lowest BCUT2D eigenvalue weighted by Gasteiger charge is -2.54. The lowest BCUT2D eigenvalue weighted by Crippen LogP contribution is -3.00. The minimum Gasteiger partial charge on any atom is -1.00 e. The summed E-state index contributed by atoms with van der Waals surface area (Å²) in [6.45, 7) is 1.65. The van der Waals surface area contributed by atoms with Gasteiger partial charge in [0.25, 0.3) is 64.0 Å². The van der Waals surface area contributed by atoms with E-state index in [0.717, 1.165) is 16.2 Å². The molecule has 0 spiro atoms. The van der Waals surface area contributed by atoms with Crippen molar-refractivity contribution in [1.29, 1.82) is 0 Å². The van der Waals surface area contributed by atoms with Crippen molar-refractivity contribution in [2.75, 3.05) is 51.3 Å². The lowest BCUT2D eigenvalue weighted by molar-refractivity contribution is -0.432. The average Bonchev–Trinajstić information content (AvgIpc) is 1.59. The zero-order chi connectivity index (χ0) is 72.2. The number of quaternary nitrogens is 1. The number of ketones is 1. The predicted octanol–water partition coefficient (Wildman–Crippen LogP) is -7.42. The number of benzene rings is 1. The minimum atomic E-state index is -2.25. The van der Waals surface area contributed by atoms with Crippen molar-refractivity contribution >= 4 is 170 Å². The van der Waals surface area contributed by atoms with Gasteiger partial charge < -0.3 is 73.4 Å². The van der Waals surface area contributed by atoms with Gasteiger partial charge in [0.15, 0.2) is 59.7 Å². The van der Waals surface area contributed by atoms with Gasteiger partial charge in [-0.15, -0.1) is 50.8 Å². The summed E-state index contributed by atoms with van der Waals surface area (Å²) in [6, 6.07) is 4.43. The number of thiazole rings is 3. The van der Waals surface area contributed by atoms with Crippen LogP contribution >= 0.6 is 45.8 Å². The fourth-order valence-corrected chi connectivity index (χ4v) is 14.9. The van der Waals surface area contributed by atoms with Crippen LogP contribution in [0.15, 0.2) is 50.7 Å². The number of carboxylic acid groups (broad SMARTS) is 4. The van der Waals surface area contributed by atoms with Gasteiger partial charge >= 0.3 is 49.8 Å². The van der Waals surface area contributed by atoms with Gasteiger partial charge in [-0.2, -0.15) is 4.55 Å². The normalized spacial score (nSPS) is 23.3. The second-order valence-electron chi connectivity index (χ2n) is 20.0. The number of nitrogens with zero attached hydrogens (tertiary/aromatic N) is 8. The van der Waals surface area contributed by atoms with Crippen molar-refractivity contribution in [1.82, 2.24) is 46.1 Å². The first-order valence-corrected chi connectivity index (χ1v) is 32.3. The Morgan fingerprint density at radius 1 is 0.737 bits per heavy atom. The molecule has 2 radical (unpaired) electrons. The molecule has 0 bridgehead atoms. The number of halogens is 1. The van der Waals surface area contributed by atoms with E-state index in [1.54, 1.807) is 31.4 Å². The highest BCUT2D eigenvalue weighted by atomic mass is 35.5. The van der Waals surface area contributed by atoms with E-state index in [2.05, 4.69) is 60.3 Å². The summed E-state index contributed by atoms with van der Waals surface area (Å²) in [4.78, 5) is 209. The van der Waals surface area contributed by atoms with Crippen molar-refractivity contribution in [3.8, 4) is 0 Å². The van der Waals surface area contributed by atoms with Crippen LogP contribution in [0.1, 0.15) is 65.4 Å². The number of hydroxylamine groups is 4. The molecule has 6 fully saturated rings. The fourth-order valence-electron chi connectivity index (χ4n) is 9.70. The number of oxime groups is 2. The number of anilines is 1. The Morgan fingerprint density at radius 3 is 1.75 bits per heavy atom. The Kier molecular flexibility index (Phi) is 26.5. The zero-order valence-electron chi connectivity index (χ0n) is 50.9. The molecule has 99 heavy (non-hydrogen) atoms. The molecule has 7 aliphatic heterocycles. The summed E-state index contributed by atoms with van der Waals surface area (Å²) < 4.78 is 25.1. The number of nitrogens with two attached hydrogens (primary N) is 1. The summed E-state index contributed by atoms with van der Waals surface area (Å²) in [7, 11) is 7.38. The predicted molar refractivity (Wildman–Crippen MR) is 326 cm³/mol. The number of rotatable bonds is 20. The van der Waals surface area contributed by atoms with Gasteiger partial charge in [-0.25, -0.2) is 54.8 Å². The molecule has 10 heterocycles. The van der Waals surface area contributed by atoms with Crippen molar-refractivity contribution in [2.45, 2.75) is 61.0 Å². The molecule has 3 aromatic heterocycles. The van der Waals surface area contributed by atoms with E-state index in [1.165, 1.54) is 76.4 Å². The highest BCUT2D eigenvalue weighted by Gasteiger charge is 2.78. The quantitative estimate of drug-likeness (QED) is 0.00452.